The zero-order valence-corrected chi connectivity index (χ0v) is 10.5. The highest BCUT2D eigenvalue weighted by Gasteiger charge is 2.09. The first-order chi connectivity index (χ1) is 8.61. The molecule has 1 atom stereocenters. The number of carbonyl (C=O) groups is 1. The van der Waals surface area contributed by atoms with Crippen LogP contribution in [-0.2, 0) is 11.4 Å². The molecule has 0 aliphatic rings. The molecule has 0 unspecified atom stereocenters. The van der Waals surface area contributed by atoms with E-state index in [-0.39, 0.29) is 6.61 Å². The maximum atomic E-state index is 10.1. The quantitative estimate of drug-likeness (QED) is 0.559. The maximum absolute atomic E-state index is 10.1. The Bertz CT molecular complexity index is 317. The van der Waals surface area contributed by atoms with Crippen LogP contribution in [0.2, 0.25) is 0 Å². The van der Waals surface area contributed by atoms with Crippen molar-refractivity contribution in [2.45, 2.75) is 31.9 Å². The number of carboxylic acid groups (broad SMARTS) is 1. The normalized spacial score (nSPS) is 11.3. The van der Waals surface area contributed by atoms with Gasteiger partial charge in [0, 0.05) is 0 Å². The summed E-state index contributed by atoms with van der Waals surface area (Å²) in [5.41, 5.74) is 11.4. The summed E-state index contributed by atoms with van der Waals surface area (Å²) in [5.74, 6) is -0.933. The monoisotopic (exact) mass is 254 g/mol. The summed E-state index contributed by atoms with van der Waals surface area (Å²) < 4.78 is 0. The molecule has 18 heavy (non-hydrogen) atoms. The molecule has 0 heterocycles. The Balaban J connectivity index is 0.000000327. The van der Waals surface area contributed by atoms with Crippen molar-refractivity contribution in [3.05, 3.63) is 35.9 Å². The van der Waals surface area contributed by atoms with E-state index in [1.54, 1.807) is 0 Å². The maximum Gasteiger partial charge on any atom is 0.320 e. The fraction of sp³-hybridized carbons (Fsp3) is 0.462. The Morgan fingerprint density at radius 2 is 1.83 bits per heavy atom. The molecule has 5 heteroatoms. The number of nitrogens with two attached hydrogens (primary N) is 2. The number of aliphatic hydroxyl groups is 1. The van der Waals surface area contributed by atoms with E-state index in [1.807, 2.05) is 30.3 Å². The summed E-state index contributed by atoms with van der Waals surface area (Å²) in [4.78, 5) is 10.1. The average Bonchev–Trinajstić information content (AvgIpc) is 2.40. The van der Waals surface area contributed by atoms with Gasteiger partial charge in [-0.1, -0.05) is 36.8 Å². The molecule has 0 saturated heterocycles. The molecule has 0 amide bonds. The molecule has 1 rings (SSSR count). The standard InChI is InChI=1S/C7H8O.C6H14N2O2/c8-6-7-4-2-1-3-5-7;7-4-2-1-3-5(8)6(9)10/h1-5,8H,6H2;5H,1-4,7-8H2,(H,9,10)/t;5-/m.0/s1. The fourth-order valence-corrected chi connectivity index (χ4v) is 1.22. The molecule has 0 saturated carbocycles. The van der Waals surface area contributed by atoms with E-state index in [0.717, 1.165) is 18.4 Å². The molecule has 1 aromatic carbocycles. The third kappa shape index (κ3) is 8.69. The first-order valence-corrected chi connectivity index (χ1v) is 5.95. The van der Waals surface area contributed by atoms with Gasteiger partial charge in [0.05, 0.1) is 6.61 Å². The third-order valence-corrected chi connectivity index (χ3v) is 2.31. The number of unbranched alkanes of at least 4 members (excludes halogenated alkanes) is 1. The van der Waals surface area contributed by atoms with E-state index in [4.69, 9.17) is 21.7 Å². The lowest BCUT2D eigenvalue weighted by Gasteiger charge is -2.03. The molecular weight excluding hydrogens is 232 g/mol. The molecule has 5 nitrogen and oxygen atoms in total. The van der Waals surface area contributed by atoms with Crippen molar-refractivity contribution >= 4 is 5.97 Å². The number of rotatable bonds is 6. The second kappa shape index (κ2) is 10.7. The van der Waals surface area contributed by atoms with Crippen molar-refractivity contribution in [2.75, 3.05) is 6.54 Å². The van der Waals surface area contributed by atoms with Gasteiger partial charge in [-0.25, -0.2) is 0 Å². The van der Waals surface area contributed by atoms with Crippen LogP contribution in [0.5, 0.6) is 0 Å². The minimum Gasteiger partial charge on any atom is -0.480 e. The van der Waals surface area contributed by atoms with Gasteiger partial charge in [0.1, 0.15) is 6.04 Å². The predicted octanol–water partition coefficient (Wildman–Crippen LogP) is 0.706. The largest absolute Gasteiger partial charge is 0.480 e. The number of hydrogen-bond acceptors (Lipinski definition) is 4. The summed E-state index contributed by atoms with van der Waals surface area (Å²) in [7, 11) is 0. The fourth-order valence-electron chi connectivity index (χ4n) is 1.22. The summed E-state index contributed by atoms with van der Waals surface area (Å²) in [6.07, 6.45) is 2.16. The molecular formula is C13H22N2O3. The Morgan fingerprint density at radius 1 is 1.22 bits per heavy atom. The second-order valence-electron chi connectivity index (χ2n) is 3.87. The number of hydrogen-bond donors (Lipinski definition) is 4. The van der Waals surface area contributed by atoms with E-state index in [2.05, 4.69) is 0 Å². The Kier molecular flexibility index (Phi) is 9.86. The summed E-state index contributed by atoms with van der Waals surface area (Å²) in [5, 5.41) is 16.9. The van der Waals surface area contributed by atoms with Crippen molar-refractivity contribution in [1.82, 2.24) is 0 Å². The minimum absolute atomic E-state index is 0.140. The zero-order chi connectivity index (χ0) is 13.8. The molecule has 6 N–H and O–H groups in total. The molecule has 0 aliphatic heterocycles. The Labute approximate surface area is 107 Å². The molecule has 0 aromatic heterocycles. The van der Waals surface area contributed by atoms with Crippen LogP contribution in [-0.4, -0.2) is 28.8 Å². The molecule has 0 aliphatic carbocycles. The van der Waals surface area contributed by atoms with Crippen molar-refractivity contribution < 1.29 is 15.0 Å². The topological polar surface area (TPSA) is 110 Å². The first-order valence-electron chi connectivity index (χ1n) is 5.95. The molecule has 102 valence electrons. The highest BCUT2D eigenvalue weighted by molar-refractivity contribution is 5.72. The lowest BCUT2D eigenvalue weighted by Crippen LogP contribution is -2.29. The molecule has 0 spiro atoms. The van der Waals surface area contributed by atoms with Crippen LogP contribution in [0, 0.1) is 0 Å². The van der Waals surface area contributed by atoms with Gasteiger partial charge in [0.2, 0.25) is 0 Å². The Hall–Kier alpha value is -1.43. The van der Waals surface area contributed by atoms with Crippen molar-refractivity contribution in [3.63, 3.8) is 0 Å². The van der Waals surface area contributed by atoms with E-state index >= 15 is 0 Å². The van der Waals surface area contributed by atoms with Crippen LogP contribution in [0.1, 0.15) is 24.8 Å². The lowest BCUT2D eigenvalue weighted by molar-refractivity contribution is -0.138. The number of carboxylic acids is 1. The van der Waals surface area contributed by atoms with Gasteiger partial charge >= 0.3 is 5.97 Å². The summed E-state index contributed by atoms with van der Waals surface area (Å²) in [6.45, 7) is 0.743. The van der Waals surface area contributed by atoms with E-state index in [0.29, 0.717) is 13.0 Å². The first kappa shape index (κ1) is 16.6. The van der Waals surface area contributed by atoms with Crippen LogP contribution in [0.15, 0.2) is 30.3 Å². The smallest absolute Gasteiger partial charge is 0.320 e. The number of aliphatic carboxylic acids is 1. The summed E-state index contributed by atoms with van der Waals surface area (Å²) >= 11 is 0. The highest BCUT2D eigenvalue weighted by Crippen LogP contribution is 1.97. The van der Waals surface area contributed by atoms with E-state index < -0.39 is 12.0 Å². The van der Waals surface area contributed by atoms with Gasteiger partial charge in [0.15, 0.2) is 0 Å². The van der Waals surface area contributed by atoms with Gasteiger partial charge in [0.25, 0.3) is 0 Å². The minimum atomic E-state index is -0.933. The summed E-state index contributed by atoms with van der Waals surface area (Å²) in [6, 6.07) is 8.81. The predicted molar refractivity (Wildman–Crippen MR) is 70.9 cm³/mol. The molecule has 0 radical (unpaired) electrons. The van der Waals surface area contributed by atoms with Crippen LogP contribution in [0.25, 0.3) is 0 Å². The van der Waals surface area contributed by atoms with Gasteiger partial charge in [-0.05, 0) is 24.9 Å². The van der Waals surface area contributed by atoms with Crippen LogP contribution in [0.3, 0.4) is 0 Å². The number of aliphatic hydroxyl groups excluding tert-OH is 1. The third-order valence-electron chi connectivity index (χ3n) is 2.31. The average molecular weight is 254 g/mol. The van der Waals surface area contributed by atoms with Gasteiger partial charge < -0.3 is 21.7 Å². The number of benzene rings is 1. The molecule has 1 aromatic rings. The molecule has 0 fully saturated rings. The van der Waals surface area contributed by atoms with Crippen LogP contribution in [0.4, 0.5) is 0 Å². The van der Waals surface area contributed by atoms with Crippen LogP contribution < -0.4 is 11.5 Å². The van der Waals surface area contributed by atoms with Crippen molar-refractivity contribution in [1.29, 1.82) is 0 Å². The zero-order valence-electron chi connectivity index (χ0n) is 10.5. The van der Waals surface area contributed by atoms with Gasteiger partial charge in [-0.15, -0.1) is 0 Å². The second-order valence-corrected chi connectivity index (χ2v) is 3.87. The SMILES string of the molecule is NCCCC[C@H](N)C(=O)O.OCc1ccccc1. The Morgan fingerprint density at radius 3 is 2.22 bits per heavy atom. The van der Waals surface area contributed by atoms with E-state index in [9.17, 15) is 4.79 Å². The van der Waals surface area contributed by atoms with Crippen molar-refractivity contribution in [2.24, 2.45) is 11.5 Å². The molecule has 0 bridgehead atoms. The van der Waals surface area contributed by atoms with Gasteiger partial charge in [-0.3, -0.25) is 4.79 Å². The lowest BCUT2D eigenvalue weighted by atomic mass is 10.1. The van der Waals surface area contributed by atoms with Gasteiger partial charge in [-0.2, -0.15) is 0 Å². The van der Waals surface area contributed by atoms with Crippen LogP contribution >= 0.6 is 0 Å². The van der Waals surface area contributed by atoms with E-state index in [1.165, 1.54) is 0 Å². The van der Waals surface area contributed by atoms with Crippen molar-refractivity contribution in [3.8, 4) is 0 Å². The highest BCUT2D eigenvalue weighted by atomic mass is 16.4.